The van der Waals surface area contributed by atoms with Crippen molar-refractivity contribution in [3.05, 3.63) is 82.5 Å². The minimum Gasteiger partial charge on any atom is -0.493 e. The zero-order chi connectivity index (χ0) is 20.8. The van der Waals surface area contributed by atoms with Gasteiger partial charge in [0.05, 0.1) is 12.8 Å². The van der Waals surface area contributed by atoms with Crippen molar-refractivity contribution in [3.63, 3.8) is 0 Å². The Kier molecular flexibility index (Phi) is 6.13. The van der Waals surface area contributed by atoms with Crippen LogP contribution in [0.5, 0.6) is 17.2 Å². The van der Waals surface area contributed by atoms with E-state index < -0.39 is 12.6 Å². The van der Waals surface area contributed by atoms with Crippen LogP contribution in [0.4, 0.5) is 4.39 Å². The number of hydrogen-bond acceptors (Lipinski definition) is 5. The van der Waals surface area contributed by atoms with Gasteiger partial charge in [0.25, 0.3) is 5.56 Å². The van der Waals surface area contributed by atoms with Gasteiger partial charge in [0.1, 0.15) is 18.2 Å². The number of nitrogens with zero attached hydrogens (tertiary/aromatic N) is 1. The van der Waals surface area contributed by atoms with Gasteiger partial charge in [-0.25, -0.2) is 9.18 Å². The van der Waals surface area contributed by atoms with Crippen LogP contribution in [0.15, 0.2) is 65.6 Å². The normalized spacial score (nSPS) is 10.4. The minimum atomic E-state index is -1.11. The Bertz CT molecular complexity index is 1060. The predicted molar refractivity (Wildman–Crippen MR) is 102 cm³/mol. The van der Waals surface area contributed by atoms with Gasteiger partial charge in [0.15, 0.2) is 18.1 Å². The Labute approximate surface area is 165 Å². The SMILES string of the molecule is COc1cc(-n2ccc(OCc3ccc(F)cc3)cc2=O)ccc1OCC(=O)O. The van der Waals surface area contributed by atoms with Crippen LogP contribution in [0.25, 0.3) is 5.69 Å². The van der Waals surface area contributed by atoms with Crippen molar-refractivity contribution in [3.8, 4) is 22.9 Å². The standard InChI is InChI=1S/C21H18FNO6/c1-27-19-10-16(6-7-18(19)29-13-21(25)26)23-9-8-17(11-20(23)24)28-12-14-2-4-15(22)5-3-14/h2-11H,12-13H2,1H3,(H,25,26). The van der Waals surface area contributed by atoms with Crippen LogP contribution >= 0.6 is 0 Å². The Morgan fingerprint density at radius 3 is 2.45 bits per heavy atom. The fraction of sp³-hybridized carbons (Fsp3) is 0.143. The lowest BCUT2D eigenvalue weighted by molar-refractivity contribution is -0.139. The molecule has 0 amide bonds. The molecule has 7 nitrogen and oxygen atoms in total. The summed E-state index contributed by atoms with van der Waals surface area (Å²) in [6, 6.07) is 13.6. The van der Waals surface area contributed by atoms with Crippen molar-refractivity contribution in [2.45, 2.75) is 6.61 Å². The Morgan fingerprint density at radius 2 is 1.79 bits per heavy atom. The molecule has 0 aliphatic rings. The Hall–Kier alpha value is -3.81. The lowest BCUT2D eigenvalue weighted by Gasteiger charge is -2.13. The highest BCUT2D eigenvalue weighted by Crippen LogP contribution is 2.29. The first-order chi connectivity index (χ1) is 14.0. The van der Waals surface area contributed by atoms with Crippen LogP contribution < -0.4 is 19.8 Å². The van der Waals surface area contributed by atoms with Gasteiger partial charge >= 0.3 is 5.97 Å². The molecule has 0 radical (unpaired) electrons. The summed E-state index contributed by atoms with van der Waals surface area (Å²) >= 11 is 0. The summed E-state index contributed by atoms with van der Waals surface area (Å²) < 4.78 is 30.3. The number of ether oxygens (including phenoxy) is 3. The zero-order valence-electron chi connectivity index (χ0n) is 15.5. The fourth-order valence-electron chi connectivity index (χ4n) is 2.58. The number of carboxylic acids is 1. The Balaban J connectivity index is 1.76. The smallest absolute Gasteiger partial charge is 0.341 e. The third kappa shape index (κ3) is 5.13. The molecule has 3 rings (SSSR count). The lowest BCUT2D eigenvalue weighted by atomic mass is 10.2. The number of halogens is 1. The summed E-state index contributed by atoms with van der Waals surface area (Å²) in [6.07, 6.45) is 1.55. The van der Waals surface area contributed by atoms with Crippen LogP contribution in [-0.4, -0.2) is 29.4 Å². The molecule has 0 spiro atoms. The Morgan fingerprint density at radius 1 is 1.03 bits per heavy atom. The number of benzene rings is 2. The summed E-state index contributed by atoms with van der Waals surface area (Å²) in [6.45, 7) is -0.303. The molecule has 150 valence electrons. The molecule has 3 aromatic rings. The minimum absolute atomic E-state index is 0.202. The molecule has 0 fully saturated rings. The highest BCUT2D eigenvalue weighted by molar-refractivity contribution is 5.68. The van der Waals surface area contributed by atoms with E-state index in [4.69, 9.17) is 19.3 Å². The second kappa shape index (κ2) is 8.92. The third-order valence-corrected chi connectivity index (χ3v) is 3.99. The van der Waals surface area contributed by atoms with Crippen LogP contribution in [0, 0.1) is 5.82 Å². The molecule has 0 unspecified atom stereocenters. The van der Waals surface area contributed by atoms with Crippen LogP contribution in [0.3, 0.4) is 0 Å². The van der Waals surface area contributed by atoms with Gasteiger partial charge in [-0.3, -0.25) is 9.36 Å². The van der Waals surface area contributed by atoms with E-state index in [0.29, 0.717) is 17.2 Å². The maximum absolute atomic E-state index is 12.9. The number of rotatable bonds is 8. The molecular weight excluding hydrogens is 381 g/mol. The number of pyridine rings is 1. The van der Waals surface area contributed by atoms with E-state index in [2.05, 4.69) is 0 Å². The summed E-state index contributed by atoms with van der Waals surface area (Å²) in [5.41, 5.74) is 0.958. The van der Waals surface area contributed by atoms with Gasteiger partial charge in [-0.15, -0.1) is 0 Å². The first-order valence-electron chi connectivity index (χ1n) is 8.59. The maximum Gasteiger partial charge on any atom is 0.341 e. The summed E-state index contributed by atoms with van der Waals surface area (Å²) in [5, 5.41) is 8.72. The van der Waals surface area contributed by atoms with Crippen molar-refractivity contribution in [2.24, 2.45) is 0 Å². The third-order valence-electron chi connectivity index (χ3n) is 3.99. The van der Waals surface area contributed by atoms with E-state index >= 15 is 0 Å². The average Bonchev–Trinajstić information content (AvgIpc) is 2.72. The molecule has 1 N–H and O–H groups in total. The molecule has 1 heterocycles. The molecule has 0 aliphatic heterocycles. The largest absolute Gasteiger partial charge is 0.493 e. The van der Waals surface area contributed by atoms with E-state index in [1.54, 1.807) is 36.5 Å². The average molecular weight is 399 g/mol. The molecule has 29 heavy (non-hydrogen) atoms. The number of methoxy groups -OCH3 is 1. The molecular formula is C21H18FNO6. The van der Waals surface area contributed by atoms with Gasteiger partial charge in [-0.2, -0.15) is 0 Å². The van der Waals surface area contributed by atoms with Crippen LogP contribution in [-0.2, 0) is 11.4 Å². The van der Waals surface area contributed by atoms with Crippen molar-refractivity contribution >= 4 is 5.97 Å². The van der Waals surface area contributed by atoms with Gasteiger partial charge in [0.2, 0.25) is 0 Å². The lowest BCUT2D eigenvalue weighted by Crippen LogP contribution is -2.17. The molecule has 0 saturated carbocycles. The summed E-state index contributed by atoms with van der Waals surface area (Å²) in [7, 11) is 1.42. The number of carboxylic acid groups (broad SMARTS) is 1. The molecule has 0 aliphatic carbocycles. The van der Waals surface area contributed by atoms with E-state index in [-0.39, 0.29) is 23.7 Å². The van der Waals surface area contributed by atoms with Gasteiger partial charge < -0.3 is 19.3 Å². The van der Waals surface area contributed by atoms with Crippen molar-refractivity contribution in [2.75, 3.05) is 13.7 Å². The number of hydrogen-bond donors (Lipinski definition) is 1. The van der Waals surface area contributed by atoms with Crippen LogP contribution in [0.2, 0.25) is 0 Å². The number of carbonyl (C=O) groups is 1. The second-order valence-electron chi connectivity index (χ2n) is 6.00. The highest BCUT2D eigenvalue weighted by atomic mass is 19.1. The quantitative estimate of drug-likeness (QED) is 0.627. The summed E-state index contributed by atoms with van der Waals surface area (Å²) in [5.74, 6) is -0.503. The fourth-order valence-corrected chi connectivity index (χ4v) is 2.58. The molecule has 1 aromatic heterocycles. The summed E-state index contributed by atoms with van der Waals surface area (Å²) in [4.78, 5) is 23.1. The topological polar surface area (TPSA) is 87.0 Å². The van der Waals surface area contributed by atoms with Crippen molar-refractivity contribution in [1.82, 2.24) is 4.57 Å². The first-order valence-corrected chi connectivity index (χ1v) is 8.59. The van der Waals surface area contributed by atoms with Crippen molar-refractivity contribution < 1.29 is 28.5 Å². The molecule has 0 bridgehead atoms. The van der Waals surface area contributed by atoms with Gasteiger partial charge in [-0.1, -0.05) is 12.1 Å². The van der Waals surface area contributed by atoms with E-state index in [9.17, 15) is 14.0 Å². The van der Waals surface area contributed by atoms with E-state index in [0.717, 1.165) is 5.56 Å². The maximum atomic E-state index is 12.9. The highest BCUT2D eigenvalue weighted by Gasteiger charge is 2.10. The van der Waals surface area contributed by atoms with E-state index in [1.807, 2.05) is 0 Å². The van der Waals surface area contributed by atoms with Gasteiger partial charge in [-0.05, 0) is 35.9 Å². The number of aliphatic carboxylic acids is 1. The van der Waals surface area contributed by atoms with Crippen molar-refractivity contribution in [1.29, 1.82) is 0 Å². The predicted octanol–water partition coefficient (Wildman–Crippen LogP) is 3.03. The monoisotopic (exact) mass is 399 g/mol. The van der Waals surface area contributed by atoms with E-state index in [1.165, 1.54) is 35.9 Å². The first kappa shape index (κ1) is 19.9. The van der Waals surface area contributed by atoms with Crippen LogP contribution in [0.1, 0.15) is 5.56 Å². The second-order valence-corrected chi connectivity index (χ2v) is 6.00. The molecule has 8 heteroatoms. The molecule has 2 aromatic carbocycles. The molecule has 0 atom stereocenters. The number of aromatic nitrogens is 1. The molecule has 0 saturated heterocycles. The zero-order valence-corrected chi connectivity index (χ0v) is 15.5. The van der Waals surface area contributed by atoms with Gasteiger partial charge in [0, 0.05) is 18.3 Å².